The minimum Gasteiger partial charge on any atom is -0.368 e. The van der Waals surface area contributed by atoms with E-state index >= 15 is 0 Å². The van der Waals surface area contributed by atoms with Crippen LogP contribution in [0.15, 0.2) is 16.5 Å². The lowest BCUT2D eigenvalue weighted by Crippen LogP contribution is -2.35. The molecular formula is C15H29N5. The molecule has 0 unspecified atom stereocenters. The maximum Gasteiger partial charge on any atom is 0.121 e. The second-order valence-electron chi connectivity index (χ2n) is 6.57. The van der Waals surface area contributed by atoms with Crippen molar-refractivity contribution in [3.05, 3.63) is 21.8 Å². The summed E-state index contributed by atoms with van der Waals surface area (Å²) in [6.45, 7) is 17.5. The van der Waals surface area contributed by atoms with Gasteiger partial charge in [0.1, 0.15) is 6.04 Å². The van der Waals surface area contributed by atoms with Crippen molar-refractivity contribution < 1.29 is 0 Å². The van der Waals surface area contributed by atoms with E-state index in [1.165, 1.54) is 11.4 Å². The molecule has 0 aromatic rings. The summed E-state index contributed by atoms with van der Waals surface area (Å²) in [4.78, 5) is 7.77. The average molecular weight is 279 g/mol. The molecule has 1 aliphatic carbocycles. The maximum absolute atomic E-state index is 8.82. The van der Waals surface area contributed by atoms with Crippen molar-refractivity contribution in [2.75, 3.05) is 0 Å². The second kappa shape index (κ2) is 6.40. The standard InChI is InChI=1S/C15H29N5/c1-9(2)19(10(3)4)14-13(17-18-16)15(14)20(11(5)6)12(7)8/h9-13H,1-8H3. The van der Waals surface area contributed by atoms with E-state index < -0.39 is 0 Å². The van der Waals surface area contributed by atoms with Crippen LogP contribution in [0.2, 0.25) is 0 Å². The van der Waals surface area contributed by atoms with E-state index in [1.807, 2.05) is 0 Å². The Morgan fingerprint density at radius 3 is 1.30 bits per heavy atom. The van der Waals surface area contributed by atoms with Gasteiger partial charge in [-0.1, -0.05) is 5.11 Å². The molecule has 5 nitrogen and oxygen atoms in total. The van der Waals surface area contributed by atoms with Gasteiger partial charge in [-0.15, -0.1) is 0 Å². The van der Waals surface area contributed by atoms with Crippen LogP contribution in [0.3, 0.4) is 0 Å². The lowest BCUT2D eigenvalue weighted by Gasteiger charge is -2.32. The molecule has 0 aromatic heterocycles. The first-order chi connectivity index (χ1) is 9.23. The molecule has 0 fully saturated rings. The van der Waals surface area contributed by atoms with Gasteiger partial charge in [-0.25, -0.2) is 0 Å². The van der Waals surface area contributed by atoms with Crippen molar-refractivity contribution in [1.29, 1.82) is 0 Å². The van der Waals surface area contributed by atoms with Crippen LogP contribution in [0.1, 0.15) is 55.4 Å². The normalized spacial score (nSPS) is 15.4. The zero-order chi connectivity index (χ0) is 15.6. The number of rotatable bonds is 7. The molecule has 5 heteroatoms. The van der Waals surface area contributed by atoms with Gasteiger partial charge in [-0.2, -0.15) is 0 Å². The Bertz CT molecular complexity index is 370. The smallest absolute Gasteiger partial charge is 0.121 e. The van der Waals surface area contributed by atoms with E-state index in [2.05, 4.69) is 75.2 Å². The van der Waals surface area contributed by atoms with Crippen LogP contribution in [0.25, 0.3) is 10.4 Å². The quantitative estimate of drug-likeness (QED) is 0.400. The highest BCUT2D eigenvalue weighted by atomic mass is 15.3. The fourth-order valence-electron chi connectivity index (χ4n) is 3.20. The Kier molecular flexibility index (Phi) is 5.35. The number of hydrogen-bond acceptors (Lipinski definition) is 3. The van der Waals surface area contributed by atoms with Crippen molar-refractivity contribution in [1.82, 2.24) is 9.80 Å². The fourth-order valence-corrected chi connectivity index (χ4v) is 3.20. The molecular weight excluding hydrogens is 250 g/mol. The Morgan fingerprint density at radius 2 is 1.10 bits per heavy atom. The minimum atomic E-state index is -0.0883. The summed E-state index contributed by atoms with van der Waals surface area (Å²) < 4.78 is 0. The summed E-state index contributed by atoms with van der Waals surface area (Å²) in [5.74, 6) is 0. The van der Waals surface area contributed by atoms with Crippen molar-refractivity contribution in [2.45, 2.75) is 85.6 Å². The summed E-state index contributed by atoms with van der Waals surface area (Å²) in [5.41, 5.74) is 11.2. The van der Waals surface area contributed by atoms with E-state index in [-0.39, 0.29) is 6.04 Å². The van der Waals surface area contributed by atoms with Gasteiger partial charge in [0, 0.05) is 40.5 Å². The first-order valence-corrected chi connectivity index (χ1v) is 7.58. The molecule has 0 atom stereocenters. The highest BCUT2D eigenvalue weighted by Gasteiger charge is 2.46. The van der Waals surface area contributed by atoms with Crippen LogP contribution in [0.4, 0.5) is 0 Å². The molecule has 0 N–H and O–H groups in total. The molecule has 0 aromatic carbocycles. The monoisotopic (exact) mass is 279 g/mol. The van der Waals surface area contributed by atoms with Gasteiger partial charge in [-0.05, 0) is 60.9 Å². The largest absolute Gasteiger partial charge is 0.368 e. The molecule has 0 heterocycles. The van der Waals surface area contributed by atoms with Gasteiger partial charge in [0.25, 0.3) is 0 Å². The second-order valence-corrected chi connectivity index (χ2v) is 6.57. The van der Waals surface area contributed by atoms with Gasteiger partial charge in [0.05, 0.1) is 0 Å². The summed E-state index contributed by atoms with van der Waals surface area (Å²) >= 11 is 0. The summed E-state index contributed by atoms with van der Waals surface area (Å²) in [6, 6.07) is 1.52. The zero-order valence-electron chi connectivity index (χ0n) is 14.1. The molecule has 1 aliphatic rings. The Labute approximate surface area is 123 Å². The third kappa shape index (κ3) is 3.21. The van der Waals surface area contributed by atoms with Crippen molar-refractivity contribution in [2.24, 2.45) is 5.11 Å². The van der Waals surface area contributed by atoms with Gasteiger partial charge in [-0.3, -0.25) is 0 Å². The maximum atomic E-state index is 8.82. The minimum absolute atomic E-state index is 0.0883. The molecule has 0 amide bonds. The Hall–Kier alpha value is -1.35. The van der Waals surface area contributed by atoms with E-state index in [4.69, 9.17) is 5.53 Å². The molecule has 20 heavy (non-hydrogen) atoms. The summed E-state index contributed by atoms with van der Waals surface area (Å²) in [6.07, 6.45) is 0. The Morgan fingerprint density at radius 1 is 0.800 bits per heavy atom. The van der Waals surface area contributed by atoms with Gasteiger partial charge in [0.15, 0.2) is 0 Å². The summed E-state index contributed by atoms with van der Waals surface area (Å²) in [5, 5.41) is 3.99. The number of nitrogens with zero attached hydrogens (tertiary/aromatic N) is 5. The van der Waals surface area contributed by atoms with E-state index in [1.54, 1.807) is 0 Å². The highest BCUT2D eigenvalue weighted by molar-refractivity contribution is 5.45. The molecule has 0 spiro atoms. The van der Waals surface area contributed by atoms with E-state index in [0.29, 0.717) is 24.2 Å². The molecule has 0 bridgehead atoms. The van der Waals surface area contributed by atoms with Crippen LogP contribution in [0, 0.1) is 0 Å². The SMILES string of the molecule is CC(C)N(C1=C(N(C(C)C)C(C)C)C1N=[N+]=[N-])C(C)C. The molecule has 0 saturated heterocycles. The van der Waals surface area contributed by atoms with E-state index in [0.717, 1.165) is 0 Å². The van der Waals surface area contributed by atoms with Crippen LogP contribution in [-0.4, -0.2) is 40.0 Å². The first-order valence-electron chi connectivity index (χ1n) is 7.58. The lowest BCUT2D eigenvalue weighted by atomic mass is 10.2. The molecule has 0 aliphatic heterocycles. The number of azide groups is 1. The highest BCUT2D eigenvalue weighted by Crippen LogP contribution is 2.43. The van der Waals surface area contributed by atoms with Crippen molar-refractivity contribution >= 4 is 0 Å². The van der Waals surface area contributed by atoms with Gasteiger partial charge >= 0.3 is 0 Å². The predicted molar refractivity (Wildman–Crippen MR) is 84.2 cm³/mol. The fraction of sp³-hybridized carbons (Fsp3) is 0.867. The predicted octanol–water partition coefficient (Wildman–Crippen LogP) is 4.13. The van der Waals surface area contributed by atoms with Crippen LogP contribution >= 0.6 is 0 Å². The van der Waals surface area contributed by atoms with Gasteiger partial charge in [0.2, 0.25) is 0 Å². The van der Waals surface area contributed by atoms with Crippen molar-refractivity contribution in [3.8, 4) is 0 Å². The number of hydrogen-bond donors (Lipinski definition) is 0. The molecule has 114 valence electrons. The van der Waals surface area contributed by atoms with E-state index in [9.17, 15) is 0 Å². The van der Waals surface area contributed by atoms with Crippen LogP contribution in [0.5, 0.6) is 0 Å². The lowest BCUT2D eigenvalue weighted by molar-refractivity contribution is 0.225. The van der Waals surface area contributed by atoms with Gasteiger partial charge < -0.3 is 9.80 Å². The molecule has 1 rings (SSSR count). The van der Waals surface area contributed by atoms with Crippen molar-refractivity contribution in [3.63, 3.8) is 0 Å². The summed E-state index contributed by atoms with van der Waals surface area (Å²) in [7, 11) is 0. The zero-order valence-corrected chi connectivity index (χ0v) is 14.1. The first kappa shape index (κ1) is 16.7. The average Bonchev–Trinajstić information content (AvgIpc) is 2.90. The third-order valence-electron chi connectivity index (χ3n) is 3.65. The van der Waals surface area contributed by atoms with Crippen LogP contribution in [-0.2, 0) is 0 Å². The van der Waals surface area contributed by atoms with Crippen LogP contribution < -0.4 is 0 Å². The third-order valence-corrected chi connectivity index (χ3v) is 3.65. The molecule has 0 radical (unpaired) electrons. The topological polar surface area (TPSA) is 55.2 Å². The Balaban J connectivity index is 3.19. The molecule has 0 saturated carbocycles.